The Kier molecular flexibility index (Phi) is 3.93. The molecule has 3 nitrogen and oxygen atoms in total. The Bertz CT molecular complexity index is 562. The van der Waals surface area contributed by atoms with E-state index >= 15 is 0 Å². The second-order valence-corrected chi connectivity index (χ2v) is 5.14. The zero-order valence-corrected chi connectivity index (χ0v) is 12.2. The molecule has 0 aliphatic rings. The van der Waals surface area contributed by atoms with Crippen LogP contribution in [0.2, 0.25) is 0 Å². The van der Waals surface area contributed by atoms with Gasteiger partial charge >= 0.3 is 0 Å². The Morgan fingerprint density at radius 1 is 1.21 bits per heavy atom. The maximum absolute atomic E-state index is 5.30. The summed E-state index contributed by atoms with van der Waals surface area (Å²) in [6, 6.07) is 8.10. The number of anilines is 1. The van der Waals surface area contributed by atoms with E-state index in [1.165, 1.54) is 5.39 Å². The molecule has 0 fully saturated rings. The summed E-state index contributed by atoms with van der Waals surface area (Å²) in [5, 5.41) is 5.86. The highest BCUT2D eigenvalue weighted by Crippen LogP contribution is 2.29. The van der Waals surface area contributed by atoms with E-state index < -0.39 is 0 Å². The van der Waals surface area contributed by atoms with E-state index in [0.717, 1.165) is 29.8 Å². The molecule has 19 heavy (non-hydrogen) atoms. The van der Waals surface area contributed by atoms with Crippen LogP contribution in [0.25, 0.3) is 10.8 Å². The monoisotopic (exact) mass is 258 g/mol. The van der Waals surface area contributed by atoms with Gasteiger partial charge in [0.15, 0.2) is 0 Å². The Hall–Kier alpha value is -1.77. The van der Waals surface area contributed by atoms with Gasteiger partial charge in [-0.2, -0.15) is 0 Å². The van der Waals surface area contributed by atoms with Gasteiger partial charge in [0, 0.05) is 17.1 Å². The van der Waals surface area contributed by atoms with Crippen LogP contribution >= 0.6 is 0 Å². The Morgan fingerprint density at radius 2 is 1.95 bits per heavy atom. The molecule has 0 amide bonds. The fourth-order valence-electron chi connectivity index (χ4n) is 2.09. The van der Waals surface area contributed by atoms with Crippen LogP contribution in [-0.2, 0) is 0 Å². The lowest BCUT2D eigenvalue weighted by Gasteiger charge is -2.29. The molecule has 0 aliphatic carbocycles. The van der Waals surface area contributed by atoms with Crippen molar-refractivity contribution in [1.82, 2.24) is 4.98 Å². The van der Waals surface area contributed by atoms with Gasteiger partial charge in [0.1, 0.15) is 11.6 Å². The summed E-state index contributed by atoms with van der Waals surface area (Å²) in [7, 11) is 1.69. The minimum atomic E-state index is 0.0738. The van der Waals surface area contributed by atoms with Gasteiger partial charge in [-0.3, -0.25) is 0 Å². The molecular weight excluding hydrogens is 236 g/mol. The number of rotatable bonds is 5. The lowest BCUT2D eigenvalue weighted by atomic mass is 9.95. The average Bonchev–Trinajstić information content (AvgIpc) is 2.47. The molecule has 0 bridgehead atoms. The van der Waals surface area contributed by atoms with Gasteiger partial charge in [0.2, 0.25) is 0 Å². The third kappa shape index (κ3) is 2.80. The summed E-state index contributed by atoms with van der Waals surface area (Å²) in [4.78, 5) is 4.50. The predicted octanol–water partition coefficient (Wildman–Crippen LogP) is 4.23. The SMILES string of the molecule is CCC(C)(CC)Nc1nccc2ccc(OC)cc12. The van der Waals surface area contributed by atoms with E-state index in [4.69, 9.17) is 4.74 Å². The summed E-state index contributed by atoms with van der Waals surface area (Å²) >= 11 is 0. The first kappa shape index (κ1) is 13.7. The van der Waals surface area contributed by atoms with Crippen molar-refractivity contribution < 1.29 is 4.74 Å². The molecule has 0 aliphatic heterocycles. The highest BCUT2D eigenvalue weighted by Gasteiger charge is 2.20. The fourth-order valence-corrected chi connectivity index (χ4v) is 2.09. The molecule has 1 heterocycles. The number of pyridine rings is 1. The molecule has 1 aromatic carbocycles. The van der Waals surface area contributed by atoms with E-state index in [0.29, 0.717) is 0 Å². The van der Waals surface area contributed by atoms with Gasteiger partial charge in [-0.05, 0) is 43.4 Å². The van der Waals surface area contributed by atoms with Crippen LogP contribution in [0.5, 0.6) is 5.75 Å². The van der Waals surface area contributed by atoms with Gasteiger partial charge in [-0.1, -0.05) is 19.9 Å². The molecular formula is C16H22N2O. The zero-order chi connectivity index (χ0) is 13.9. The van der Waals surface area contributed by atoms with Gasteiger partial charge in [-0.15, -0.1) is 0 Å². The molecule has 0 saturated heterocycles. The normalized spacial score (nSPS) is 11.6. The topological polar surface area (TPSA) is 34.2 Å². The lowest BCUT2D eigenvalue weighted by molar-refractivity contribution is 0.415. The van der Waals surface area contributed by atoms with Crippen molar-refractivity contribution in [2.45, 2.75) is 39.2 Å². The molecule has 0 saturated carbocycles. The standard InChI is InChI=1S/C16H22N2O/c1-5-16(3,6-2)18-15-14-11-13(19-4)8-7-12(14)9-10-17-15/h7-11H,5-6H2,1-4H3,(H,17,18). The maximum atomic E-state index is 5.30. The smallest absolute Gasteiger partial charge is 0.134 e. The number of fused-ring (bicyclic) bond motifs is 1. The molecule has 1 N–H and O–H groups in total. The highest BCUT2D eigenvalue weighted by molar-refractivity contribution is 5.93. The van der Waals surface area contributed by atoms with Crippen molar-refractivity contribution in [1.29, 1.82) is 0 Å². The van der Waals surface area contributed by atoms with Crippen LogP contribution in [0.4, 0.5) is 5.82 Å². The molecule has 0 spiro atoms. The second kappa shape index (κ2) is 5.47. The van der Waals surface area contributed by atoms with Crippen molar-refractivity contribution in [2.75, 3.05) is 12.4 Å². The van der Waals surface area contributed by atoms with Crippen LogP contribution in [0.15, 0.2) is 30.5 Å². The highest BCUT2D eigenvalue weighted by atomic mass is 16.5. The zero-order valence-electron chi connectivity index (χ0n) is 12.2. The van der Waals surface area contributed by atoms with E-state index in [2.05, 4.69) is 37.1 Å². The Morgan fingerprint density at radius 3 is 2.58 bits per heavy atom. The second-order valence-electron chi connectivity index (χ2n) is 5.14. The van der Waals surface area contributed by atoms with Crippen molar-refractivity contribution in [3.63, 3.8) is 0 Å². The van der Waals surface area contributed by atoms with Gasteiger partial charge in [0.05, 0.1) is 7.11 Å². The molecule has 0 radical (unpaired) electrons. The number of ether oxygens (including phenoxy) is 1. The predicted molar refractivity (Wildman–Crippen MR) is 80.9 cm³/mol. The minimum absolute atomic E-state index is 0.0738. The molecule has 0 unspecified atom stereocenters. The van der Waals surface area contributed by atoms with Crippen LogP contribution < -0.4 is 10.1 Å². The maximum Gasteiger partial charge on any atom is 0.134 e. The minimum Gasteiger partial charge on any atom is -0.497 e. The van der Waals surface area contributed by atoms with Gasteiger partial charge < -0.3 is 10.1 Å². The number of hydrogen-bond donors (Lipinski definition) is 1. The van der Waals surface area contributed by atoms with Crippen LogP contribution in [0.1, 0.15) is 33.6 Å². The van der Waals surface area contributed by atoms with Crippen molar-refractivity contribution in [3.05, 3.63) is 30.5 Å². The van der Waals surface area contributed by atoms with E-state index in [1.54, 1.807) is 7.11 Å². The van der Waals surface area contributed by atoms with E-state index in [1.807, 2.05) is 24.4 Å². The number of benzene rings is 1. The van der Waals surface area contributed by atoms with Gasteiger partial charge in [0.25, 0.3) is 0 Å². The third-order valence-electron chi connectivity index (χ3n) is 3.95. The van der Waals surface area contributed by atoms with Crippen LogP contribution in [-0.4, -0.2) is 17.6 Å². The first-order valence-electron chi connectivity index (χ1n) is 6.83. The van der Waals surface area contributed by atoms with E-state index in [-0.39, 0.29) is 5.54 Å². The molecule has 2 rings (SSSR count). The number of aromatic nitrogens is 1. The third-order valence-corrected chi connectivity index (χ3v) is 3.95. The first-order valence-corrected chi connectivity index (χ1v) is 6.83. The molecule has 2 aromatic rings. The Labute approximate surface area is 115 Å². The molecule has 3 heteroatoms. The largest absolute Gasteiger partial charge is 0.497 e. The Balaban J connectivity index is 2.47. The van der Waals surface area contributed by atoms with Crippen molar-refractivity contribution in [3.8, 4) is 5.75 Å². The first-order chi connectivity index (χ1) is 9.11. The summed E-state index contributed by atoms with van der Waals surface area (Å²) in [6.07, 6.45) is 3.97. The summed E-state index contributed by atoms with van der Waals surface area (Å²) in [6.45, 7) is 6.62. The van der Waals surface area contributed by atoms with Crippen molar-refractivity contribution in [2.24, 2.45) is 0 Å². The summed E-state index contributed by atoms with van der Waals surface area (Å²) in [5.74, 6) is 1.79. The lowest BCUT2D eigenvalue weighted by Crippen LogP contribution is -2.33. The van der Waals surface area contributed by atoms with Crippen LogP contribution in [0, 0.1) is 0 Å². The number of methoxy groups -OCH3 is 1. The van der Waals surface area contributed by atoms with Crippen molar-refractivity contribution >= 4 is 16.6 Å². The molecule has 0 atom stereocenters. The summed E-state index contributed by atoms with van der Waals surface area (Å²) < 4.78 is 5.30. The molecule has 1 aromatic heterocycles. The summed E-state index contributed by atoms with van der Waals surface area (Å²) in [5.41, 5.74) is 0.0738. The number of nitrogens with one attached hydrogen (secondary N) is 1. The van der Waals surface area contributed by atoms with Crippen LogP contribution in [0.3, 0.4) is 0 Å². The quantitative estimate of drug-likeness (QED) is 0.871. The molecule has 102 valence electrons. The van der Waals surface area contributed by atoms with E-state index in [9.17, 15) is 0 Å². The fraction of sp³-hybridized carbons (Fsp3) is 0.438. The van der Waals surface area contributed by atoms with Gasteiger partial charge in [-0.25, -0.2) is 4.98 Å². The number of nitrogens with zero attached hydrogens (tertiary/aromatic N) is 1. The number of hydrogen-bond acceptors (Lipinski definition) is 3. The average molecular weight is 258 g/mol.